The highest BCUT2D eigenvalue weighted by atomic mass is 16.5. The largest absolute Gasteiger partial charge is 0.435 e. The van der Waals surface area contributed by atoms with Gasteiger partial charge in [-0.25, -0.2) is 15.0 Å². The minimum absolute atomic E-state index is 0.522. The van der Waals surface area contributed by atoms with Crippen molar-refractivity contribution in [3.63, 3.8) is 0 Å². The van der Waals surface area contributed by atoms with Gasteiger partial charge in [0.25, 0.3) is 0 Å². The summed E-state index contributed by atoms with van der Waals surface area (Å²) in [6.07, 6.45) is 8.75. The first kappa shape index (κ1) is 17.8. The van der Waals surface area contributed by atoms with E-state index in [4.69, 9.17) is 4.74 Å². The van der Waals surface area contributed by atoms with Gasteiger partial charge < -0.3 is 9.64 Å². The monoisotopic (exact) mass is 349 g/mol. The fraction of sp³-hybridized carbons (Fsp3) is 0.300. The van der Waals surface area contributed by atoms with Crippen LogP contribution in [0.2, 0.25) is 0 Å². The summed E-state index contributed by atoms with van der Waals surface area (Å²) in [7, 11) is 1.98. The van der Waals surface area contributed by atoms with Crippen LogP contribution in [0.15, 0.2) is 49.1 Å². The number of hydrogen-bond donors (Lipinski definition) is 0. The molecule has 26 heavy (non-hydrogen) atoms. The van der Waals surface area contributed by atoms with E-state index in [1.807, 2.05) is 36.2 Å². The minimum atomic E-state index is 0.522. The van der Waals surface area contributed by atoms with Crippen molar-refractivity contribution in [3.8, 4) is 22.8 Å². The molecular weight excluding hydrogens is 326 g/mol. The Morgan fingerprint density at radius 2 is 1.62 bits per heavy atom. The van der Waals surface area contributed by atoms with Crippen LogP contribution in [0.1, 0.15) is 26.0 Å². The molecule has 0 unspecified atom stereocenters. The molecule has 3 aromatic rings. The Morgan fingerprint density at radius 3 is 2.31 bits per heavy atom. The normalized spacial score (nSPS) is 10.6. The van der Waals surface area contributed by atoms with Crippen molar-refractivity contribution < 1.29 is 4.74 Å². The summed E-state index contributed by atoms with van der Waals surface area (Å²) in [6.45, 7) is 5.12. The van der Waals surface area contributed by atoms with Crippen LogP contribution in [-0.4, -0.2) is 33.5 Å². The van der Waals surface area contributed by atoms with Crippen LogP contribution in [-0.2, 0) is 6.42 Å². The van der Waals surface area contributed by atoms with Crippen molar-refractivity contribution >= 4 is 5.95 Å². The lowest BCUT2D eigenvalue weighted by Crippen LogP contribution is -2.20. The summed E-state index contributed by atoms with van der Waals surface area (Å²) in [6, 6.07) is 7.85. The molecule has 0 aliphatic carbocycles. The predicted octanol–water partition coefficient (Wildman–Crippen LogP) is 4.13. The maximum atomic E-state index is 5.98. The zero-order chi connectivity index (χ0) is 18.4. The Morgan fingerprint density at radius 1 is 0.923 bits per heavy atom. The molecule has 0 aromatic carbocycles. The van der Waals surface area contributed by atoms with Gasteiger partial charge in [0, 0.05) is 42.8 Å². The minimum Gasteiger partial charge on any atom is -0.435 e. The van der Waals surface area contributed by atoms with Crippen molar-refractivity contribution in [2.75, 3.05) is 18.5 Å². The molecule has 3 aromatic heterocycles. The second-order valence-corrected chi connectivity index (χ2v) is 5.95. The van der Waals surface area contributed by atoms with E-state index in [0.29, 0.717) is 17.6 Å². The molecular formula is C20H23N5O. The smallest absolute Gasteiger partial charge is 0.227 e. The number of rotatable bonds is 7. The third-order valence-electron chi connectivity index (χ3n) is 4.02. The Hall–Kier alpha value is -3.02. The van der Waals surface area contributed by atoms with Gasteiger partial charge in [-0.2, -0.15) is 0 Å². The number of aromatic nitrogens is 4. The molecule has 0 spiro atoms. The van der Waals surface area contributed by atoms with E-state index in [2.05, 4.69) is 33.8 Å². The second-order valence-electron chi connectivity index (χ2n) is 5.95. The van der Waals surface area contributed by atoms with Crippen molar-refractivity contribution in [1.29, 1.82) is 0 Å². The predicted molar refractivity (Wildman–Crippen MR) is 103 cm³/mol. The number of pyridine rings is 2. The second kappa shape index (κ2) is 8.38. The van der Waals surface area contributed by atoms with E-state index in [0.717, 1.165) is 36.2 Å². The molecule has 134 valence electrons. The first-order valence-corrected chi connectivity index (χ1v) is 8.83. The molecule has 0 bridgehead atoms. The lowest BCUT2D eigenvalue weighted by molar-refractivity contribution is 0.460. The zero-order valence-electron chi connectivity index (χ0n) is 15.4. The number of anilines is 1. The Balaban J connectivity index is 1.87. The molecule has 0 fully saturated rings. The highest BCUT2D eigenvalue weighted by molar-refractivity contribution is 5.70. The number of hydrogen-bond acceptors (Lipinski definition) is 6. The molecule has 0 saturated heterocycles. The summed E-state index contributed by atoms with van der Waals surface area (Å²) in [5.41, 5.74) is 2.95. The SMILES string of the molecule is CCCN(C)c1ncc(Oc2ncccc2-c2cccnc2CC)cn1. The Kier molecular flexibility index (Phi) is 5.73. The molecule has 0 saturated carbocycles. The molecule has 0 radical (unpaired) electrons. The van der Waals surface area contributed by atoms with Crippen LogP contribution in [0.5, 0.6) is 11.6 Å². The van der Waals surface area contributed by atoms with Gasteiger partial charge in [0.05, 0.1) is 12.4 Å². The van der Waals surface area contributed by atoms with E-state index in [1.54, 1.807) is 24.8 Å². The molecule has 6 heteroatoms. The summed E-state index contributed by atoms with van der Waals surface area (Å²) < 4.78 is 5.98. The van der Waals surface area contributed by atoms with Crippen LogP contribution in [0.4, 0.5) is 5.95 Å². The summed E-state index contributed by atoms with van der Waals surface area (Å²) in [5, 5.41) is 0. The Labute approximate surface area is 153 Å². The van der Waals surface area contributed by atoms with Gasteiger partial charge in [-0.1, -0.05) is 19.9 Å². The van der Waals surface area contributed by atoms with Crippen molar-refractivity contribution in [1.82, 2.24) is 19.9 Å². The average Bonchev–Trinajstić information content (AvgIpc) is 2.69. The summed E-state index contributed by atoms with van der Waals surface area (Å²) >= 11 is 0. The van der Waals surface area contributed by atoms with Crippen LogP contribution in [0, 0.1) is 0 Å². The molecule has 0 aliphatic heterocycles. The van der Waals surface area contributed by atoms with E-state index in [9.17, 15) is 0 Å². The van der Waals surface area contributed by atoms with Gasteiger partial charge in [0.15, 0.2) is 5.75 Å². The maximum absolute atomic E-state index is 5.98. The van der Waals surface area contributed by atoms with Gasteiger partial charge in [-0.15, -0.1) is 0 Å². The maximum Gasteiger partial charge on any atom is 0.227 e. The van der Waals surface area contributed by atoms with Gasteiger partial charge in [0.1, 0.15) is 0 Å². The molecule has 6 nitrogen and oxygen atoms in total. The lowest BCUT2D eigenvalue weighted by Gasteiger charge is -2.16. The molecule has 3 heterocycles. The first-order chi connectivity index (χ1) is 12.7. The van der Waals surface area contributed by atoms with Gasteiger partial charge >= 0.3 is 0 Å². The van der Waals surface area contributed by atoms with Gasteiger partial charge in [-0.3, -0.25) is 4.98 Å². The van der Waals surface area contributed by atoms with Gasteiger partial charge in [0.2, 0.25) is 11.8 Å². The highest BCUT2D eigenvalue weighted by Gasteiger charge is 2.13. The highest BCUT2D eigenvalue weighted by Crippen LogP contribution is 2.32. The van der Waals surface area contributed by atoms with E-state index in [-0.39, 0.29) is 0 Å². The van der Waals surface area contributed by atoms with E-state index >= 15 is 0 Å². The third-order valence-corrected chi connectivity index (χ3v) is 4.02. The number of ether oxygens (including phenoxy) is 1. The molecule has 3 rings (SSSR count). The third kappa shape index (κ3) is 3.96. The quantitative estimate of drug-likeness (QED) is 0.639. The van der Waals surface area contributed by atoms with Crippen LogP contribution in [0.25, 0.3) is 11.1 Å². The van der Waals surface area contributed by atoms with Crippen LogP contribution < -0.4 is 9.64 Å². The fourth-order valence-electron chi connectivity index (χ4n) is 2.75. The topological polar surface area (TPSA) is 64.0 Å². The first-order valence-electron chi connectivity index (χ1n) is 8.83. The summed E-state index contributed by atoms with van der Waals surface area (Å²) in [4.78, 5) is 19.6. The fourth-order valence-corrected chi connectivity index (χ4v) is 2.75. The van der Waals surface area contributed by atoms with E-state index in [1.165, 1.54) is 0 Å². The standard InChI is InChI=1S/C20H23N5O/c1-4-12-25(3)20-23-13-15(14-24-20)26-19-17(9-7-11-22-19)16-8-6-10-21-18(16)5-2/h6-11,13-14H,4-5,12H2,1-3H3. The van der Waals surface area contributed by atoms with Crippen molar-refractivity contribution in [2.45, 2.75) is 26.7 Å². The van der Waals surface area contributed by atoms with Gasteiger partial charge in [-0.05, 0) is 31.0 Å². The number of nitrogens with zero attached hydrogens (tertiary/aromatic N) is 5. The number of aryl methyl sites for hydroxylation is 1. The zero-order valence-corrected chi connectivity index (χ0v) is 15.4. The van der Waals surface area contributed by atoms with E-state index < -0.39 is 0 Å². The van der Waals surface area contributed by atoms with Crippen LogP contribution in [0.3, 0.4) is 0 Å². The van der Waals surface area contributed by atoms with Crippen molar-refractivity contribution in [3.05, 3.63) is 54.7 Å². The van der Waals surface area contributed by atoms with Crippen molar-refractivity contribution in [2.24, 2.45) is 0 Å². The molecule has 0 N–H and O–H groups in total. The molecule has 0 atom stereocenters. The molecule has 0 amide bonds. The Bertz CT molecular complexity index is 851. The lowest BCUT2D eigenvalue weighted by atomic mass is 10.0. The molecule has 0 aliphatic rings. The average molecular weight is 349 g/mol. The summed E-state index contributed by atoms with van der Waals surface area (Å²) in [5.74, 6) is 1.76. The van der Waals surface area contributed by atoms with Crippen LogP contribution >= 0.6 is 0 Å².